The van der Waals surface area contributed by atoms with Crippen LogP contribution < -0.4 is 5.73 Å². The fraction of sp³-hybridized carbons (Fsp3) is 0.385. The molecule has 0 bridgehead atoms. The van der Waals surface area contributed by atoms with Crippen LogP contribution in [-0.4, -0.2) is 13.2 Å². The Morgan fingerprint density at radius 1 is 1.31 bits per heavy atom. The van der Waals surface area contributed by atoms with Crippen molar-refractivity contribution in [1.82, 2.24) is 0 Å². The van der Waals surface area contributed by atoms with E-state index in [4.69, 9.17) is 10.5 Å². The quantitative estimate of drug-likeness (QED) is 0.851. The molecule has 3 heteroatoms. The summed E-state index contributed by atoms with van der Waals surface area (Å²) in [5, 5.41) is 0. The predicted octanol–water partition coefficient (Wildman–Crippen LogP) is 2.50. The second-order valence-corrected chi connectivity index (χ2v) is 3.93. The van der Waals surface area contributed by atoms with Crippen molar-refractivity contribution >= 4 is 0 Å². The van der Waals surface area contributed by atoms with Gasteiger partial charge in [-0.3, -0.25) is 0 Å². The van der Waals surface area contributed by atoms with Crippen molar-refractivity contribution in [1.29, 1.82) is 0 Å². The van der Waals surface area contributed by atoms with Crippen molar-refractivity contribution in [3.63, 3.8) is 0 Å². The molecule has 1 aromatic rings. The molecule has 16 heavy (non-hydrogen) atoms. The van der Waals surface area contributed by atoms with Crippen LogP contribution in [0.3, 0.4) is 0 Å². The van der Waals surface area contributed by atoms with Gasteiger partial charge in [-0.25, -0.2) is 4.39 Å². The third-order valence-electron chi connectivity index (χ3n) is 2.84. The molecule has 1 aliphatic rings. The Bertz CT molecular complexity index is 377. The lowest BCUT2D eigenvalue weighted by atomic mass is 9.92. The van der Waals surface area contributed by atoms with Gasteiger partial charge in [-0.1, -0.05) is 30.3 Å². The molecule has 0 saturated carbocycles. The minimum atomic E-state index is -1.68. The minimum absolute atomic E-state index is 0.0944. The molecule has 1 unspecified atom stereocenters. The zero-order chi connectivity index (χ0) is 11.4. The van der Waals surface area contributed by atoms with Gasteiger partial charge >= 0.3 is 0 Å². The van der Waals surface area contributed by atoms with Crippen molar-refractivity contribution in [2.24, 2.45) is 5.73 Å². The summed E-state index contributed by atoms with van der Waals surface area (Å²) in [6.07, 6.45) is 3.61. The molecule has 2 rings (SSSR count). The lowest BCUT2D eigenvalue weighted by Gasteiger charge is -2.29. The first-order valence-corrected chi connectivity index (χ1v) is 5.55. The fourth-order valence-corrected chi connectivity index (χ4v) is 1.90. The largest absolute Gasteiger partial charge is 0.494 e. The second kappa shape index (κ2) is 4.66. The number of allylic oxidation sites excluding steroid dienone is 1. The Balaban J connectivity index is 2.35. The number of nitrogens with two attached hydrogens (primary N) is 1. The molecule has 1 aliphatic heterocycles. The van der Waals surface area contributed by atoms with Crippen LogP contribution in [0.1, 0.15) is 18.4 Å². The summed E-state index contributed by atoms with van der Waals surface area (Å²) < 4.78 is 20.2. The maximum absolute atomic E-state index is 14.8. The van der Waals surface area contributed by atoms with Crippen LogP contribution in [0.5, 0.6) is 0 Å². The van der Waals surface area contributed by atoms with E-state index in [2.05, 4.69) is 0 Å². The Labute approximate surface area is 94.9 Å². The van der Waals surface area contributed by atoms with E-state index >= 15 is 0 Å². The van der Waals surface area contributed by atoms with Crippen molar-refractivity contribution in [2.75, 3.05) is 13.2 Å². The van der Waals surface area contributed by atoms with Crippen LogP contribution in [0, 0.1) is 0 Å². The molecule has 2 nitrogen and oxygen atoms in total. The third kappa shape index (κ3) is 1.95. The van der Waals surface area contributed by atoms with E-state index in [0.717, 1.165) is 12.8 Å². The Kier molecular flexibility index (Phi) is 3.25. The molecule has 0 fully saturated rings. The van der Waals surface area contributed by atoms with Crippen molar-refractivity contribution in [2.45, 2.75) is 18.5 Å². The maximum Gasteiger partial charge on any atom is 0.204 e. The normalized spacial score (nSPS) is 19.5. The Morgan fingerprint density at radius 3 is 2.62 bits per heavy atom. The smallest absolute Gasteiger partial charge is 0.204 e. The van der Waals surface area contributed by atoms with E-state index in [-0.39, 0.29) is 6.54 Å². The van der Waals surface area contributed by atoms with Gasteiger partial charge in [0.25, 0.3) is 0 Å². The van der Waals surface area contributed by atoms with E-state index in [1.807, 2.05) is 24.3 Å². The molecule has 0 saturated heterocycles. The van der Waals surface area contributed by atoms with E-state index in [1.165, 1.54) is 0 Å². The number of benzene rings is 1. The van der Waals surface area contributed by atoms with Gasteiger partial charge in [0.2, 0.25) is 5.67 Å². The van der Waals surface area contributed by atoms with Crippen LogP contribution in [0.25, 0.3) is 0 Å². The van der Waals surface area contributed by atoms with Crippen molar-refractivity contribution in [3.05, 3.63) is 47.7 Å². The first-order chi connectivity index (χ1) is 7.77. The Morgan fingerprint density at radius 2 is 2.06 bits per heavy atom. The molecule has 0 aliphatic carbocycles. The van der Waals surface area contributed by atoms with Crippen LogP contribution in [-0.2, 0) is 10.4 Å². The number of halogens is 1. The number of ether oxygens (including phenoxy) is 1. The standard InChI is InChI=1S/C13H16FNO/c14-13(10-15,11-6-2-1-3-7-11)12-8-4-5-9-16-12/h1-3,6-8H,4-5,9-10,15H2. The summed E-state index contributed by atoms with van der Waals surface area (Å²) in [5.74, 6) is 0.368. The van der Waals surface area contributed by atoms with E-state index in [1.54, 1.807) is 12.1 Å². The molecule has 1 heterocycles. The van der Waals surface area contributed by atoms with Crippen LogP contribution in [0.2, 0.25) is 0 Å². The van der Waals surface area contributed by atoms with Gasteiger partial charge in [0.15, 0.2) is 0 Å². The lowest BCUT2D eigenvalue weighted by molar-refractivity contribution is 0.0785. The summed E-state index contributed by atoms with van der Waals surface area (Å²) in [5.41, 5.74) is 4.46. The van der Waals surface area contributed by atoms with Crippen LogP contribution in [0.4, 0.5) is 4.39 Å². The average Bonchev–Trinajstić information content (AvgIpc) is 2.40. The highest BCUT2D eigenvalue weighted by Crippen LogP contribution is 2.35. The molecule has 0 spiro atoms. The SMILES string of the molecule is NCC(F)(C1=CCCCO1)c1ccccc1. The number of hydrogen-bond acceptors (Lipinski definition) is 2. The molecule has 0 aromatic heterocycles. The fourth-order valence-electron chi connectivity index (χ4n) is 1.90. The van der Waals surface area contributed by atoms with Gasteiger partial charge < -0.3 is 10.5 Å². The van der Waals surface area contributed by atoms with E-state index < -0.39 is 5.67 Å². The van der Waals surface area contributed by atoms with Gasteiger partial charge in [0.05, 0.1) is 6.61 Å². The van der Waals surface area contributed by atoms with Gasteiger partial charge in [-0.2, -0.15) is 0 Å². The van der Waals surface area contributed by atoms with Crippen LogP contribution in [0.15, 0.2) is 42.2 Å². The molecule has 0 amide bonds. The van der Waals surface area contributed by atoms with Gasteiger partial charge in [-0.15, -0.1) is 0 Å². The summed E-state index contributed by atoms with van der Waals surface area (Å²) in [4.78, 5) is 0. The highest BCUT2D eigenvalue weighted by molar-refractivity contribution is 5.31. The van der Waals surface area contributed by atoms with Gasteiger partial charge in [-0.05, 0) is 24.5 Å². The molecule has 86 valence electrons. The number of rotatable bonds is 3. The van der Waals surface area contributed by atoms with E-state index in [9.17, 15) is 4.39 Å². The second-order valence-electron chi connectivity index (χ2n) is 3.93. The summed E-state index contributed by atoms with van der Waals surface area (Å²) in [6.45, 7) is 0.479. The number of alkyl halides is 1. The molecule has 1 aromatic carbocycles. The Hall–Kier alpha value is -1.35. The summed E-state index contributed by atoms with van der Waals surface area (Å²) in [7, 11) is 0. The first-order valence-electron chi connectivity index (χ1n) is 5.55. The molecule has 2 N–H and O–H groups in total. The summed E-state index contributed by atoms with van der Waals surface area (Å²) >= 11 is 0. The summed E-state index contributed by atoms with van der Waals surface area (Å²) in [6, 6.07) is 8.96. The zero-order valence-corrected chi connectivity index (χ0v) is 9.16. The van der Waals surface area contributed by atoms with Gasteiger partial charge in [0.1, 0.15) is 5.76 Å². The molecular weight excluding hydrogens is 205 g/mol. The van der Waals surface area contributed by atoms with E-state index in [0.29, 0.717) is 17.9 Å². The average molecular weight is 221 g/mol. The highest BCUT2D eigenvalue weighted by Gasteiger charge is 2.37. The monoisotopic (exact) mass is 221 g/mol. The molecule has 1 atom stereocenters. The third-order valence-corrected chi connectivity index (χ3v) is 2.84. The topological polar surface area (TPSA) is 35.2 Å². The molecule has 0 radical (unpaired) electrons. The maximum atomic E-state index is 14.8. The minimum Gasteiger partial charge on any atom is -0.494 e. The van der Waals surface area contributed by atoms with Crippen molar-refractivity contribution in [3.8, 4) is 0 Å². The first kappa shape index (κ1) is 11.1. The number of hydrogen-bond donors (Lipinski definition) is 1. The predicted molar refractivity (Wildman–Crippen MR) is 61.6 cm³/mol. The lowest BCUT2D eigenvalue weighted by Crippen LogP contribution is -2.34. The highest BCUT2D eigenvalue weighted by atomic mass is 19.1. The zero-order valence-electron chi connectivity index (χ0n) is 9.16. The van der Waals surface area contributed by atoms with Gasteiger partial charge in [0, 0.05) is 6.54 Å². The van der Waals surface area contributed by atoms with Crippen LogP contribution >= 0.6 is 0 Å². The molecular formula is C13H16FNO. The van der Waals surface area contributed by atoms with Crippen molar-refractivity contribution < 1.29 is 9.13 Å².